The minimum Gasteiger partial charge on any atom is -0.494 e. The van der Waals surface area contributed by atoms with Crippen LogP contribution in [0.3, 0.4) is 0 Å². The third kappa shape index (κ3) is 16.0. The number of ether oxygens (including phenoxy) is 1. The van der Waals surface area contributed by atoms with Crippen molar-refractivity contribution >= 4 is 11.7 Å². The van der Waals surface area contributed by atoms with Gasteiger partial charge in [0, 0.05) is 12.1 Å². The van der Waals surface area contributed by atoms with E-state index in [4.69, 9.17) is 9.84 Å². The quantitative estimate of drug-likeness (QED) is 0.0753. The number of nitro benzene ring substituents is 1. The van der Waals surface area contributed by atoms with E-state index in [1.54, 1.807) is 12.1 Å². The second-order valence-corrected chi connectivity index (χ2v) is 9.36. The van der Waals surface area contributed by atoms with Crippen LogP contribution in [0.4, 0.5) is 5.69 Å². The Kier molecular flexibility index (Phi) is 17.4. The standard InChI is InChI=1S/C28H45NO6/c1-2-3-4-5-6-7-8-9-10-11-12-13-16-24(23-27(30)28(31)32)17-14-15-22-35-26-20-18-25(19-21-26)29(33)34/h9-10,18-21,24,27,30H,2-8,11-17,22-23H2,1H3,(H,31,32). The highest BCUT2D eigenvalue weighted by molar-refractivity contribution is 5.71. The number of carboxylic acid groups (broad SMARTS) is 1. The van der Waals surface area contributed by atoms with Crippen LogP contribution in [0.25, 0.3) is 0 Å². The fourth-order valence-electron chi connectivity index (χ4n) is 4.16. The first-order valence-electron chi connectivity index (χ1n) is 13.4. The molecule has 198 valence electrons. The number of unbranched alkanes of at least 4 members (excludes halogenated alkanes) is 9. The molecule has 2 N–H and O–H groups in total. The summed E-state index contributed by atoms with van der Waals surface area (Å²) in [5.41, 5.74) is 0.0328. The number of aliphatic carboxylic acids is 1. The van der Waals surface area contributed by atoms with E-state index in [-0.39, 0.29) is 18.0 Å². The van der Waals surface area contributed by atoms with Crippen LogP contribution < -0.4 is 4.74 Å². The Hall–Kier alpha value is -2.41. The van der Waals surface area contributed by atoms with Crippen LogP contribution in [0, 0.1) is 16.0 Å². The van der Waals surface area contributed by atoms with Gasteiger partial charge in [0.15, 0.2) is 6.10 Å². The second kappa shape index (κ2) is 19.8. The zero-order valence-electron chi connectivity index (χ0n) is 21.4. The molecule has 0 spiro atoms. The van der Waals surface area contributed by atoms with Crippen LogP contribution >= 0.6 is 0 Å². The van der Waals surface area contributed by atoms with Gasteiger partial charge in [0.05, 0.1) is 11.5 Å². The third-order valence-electron chi connectivity index (χ3n) is 6.29. The van der Waals surface area contributed by atoms with Gasteiger partial charge >= 0.3 is 5.97 Å². The Labute approximate surface area is 210 Å². The molecule has 0 heterocycles. The summed E-state index contributed by atoms with van der Waals surface area (Å²) in [6.07, 6.45) is 19.2. The van der Waals surface area contributed by atoms with Gasteiger partial charge in [0.1, 0.15) is 5.75 Å². The molecular formula is C28H45NO6. The van der Waals surface area contributed by atoms with Crippen molar-refractivity contribution in [1.82, 2.24) is 0 Å². The van der Waals surface area contributed by atoms with Crippen molar-refractivity contribution in [2.24, 2.45) is 5.92 Å². The van der Waals surface area contributed by atoms with Crippen molar-refractivity contribution in [2.75, 3.05) is 6.61 Å². The van der Waals surface area contributed by atoms with E-state index in [0.29, 0.717) is 12.4 Å². The molecule has 0 saturated carbocycles. The SMILES string of the molecule is CCCCCCCCC=CCCCCC(CCCCOc1ccc([N+](=O)[O-])cc1)CC(O)C(=O)O. The smallest absolute Gasteiger partial charge is 0.332 e. The molecule has 0 radical (unpaired) electrons. The molecule has 0 amide bonds. The van der Waals surface area contributed by atoms with Gasteiger partial charge in [-0.25, -0.2) is 4.79 Å². The number of carbonyl (C=O) groups is 1. The topological polar surface area (TPSA) is 110 Å². The van der Waals surface area contributed by atoms with Crippen molar-refractivity contribution in [3.05, 3.63) is 46.5 Å². The third-order valence-corrected chi connectivity index (χ3v) is 6.29. The molecule has 7 nitrogen and oxygen atoms in total. The molecule has 1 aromatic rings. The maximum Gasteiger partial charge on any atom is 0.332 e. The molecule has 0 aliphatic rings. The van der Waals surface area contributed by atoms with E-state index in [2.05, 4.69) is 19.1 Å². The van der Waals surface area contributed by atoms with E-state index in [1.807, 2.05) is 0 Å². The van der Waals surface area contributed by atoms with Gasteiger partial charge in [-0.3, -0.25) is 10.1 Å². The van der Waals surface area contributed by atoms with Gasteiger partial charge in [0.25, 0.3) is 5.69 Å². The Balaban J connectivity index is 2.22. The van der Waals surface area contributed by atoms with Gasteiger partial charge in [-0.15, -0.1) is 0 Å². The van der Waals surface area contributed by atoms with Crippen molar-refractivity contribution in [3.63, 3.8) is 0 Å². The van der Waals surface area contributed by atoms with Crippen molar-refractivity contribution in [1.29, 1.82) is 0 Å². The van der Waals surface area contributed by atoms with E-state index in [0.717, 1.165) is 51.4 Å². The van der Waals surface area contributed by atoms with Crippen LogP contribution in [-0.2, 0) is 4.79 Å². The molecule has 0 aliphatic heterocycles. The number of hydrogen-bond donors (Lipinski definition) is 2. The number of nitro groups is 1. The van der Waals surface area contributed by atoms with Gasteiger partial charge in [0.2, 0.25) is 0 Å². The Morgan fingerprint density at radius 2 is 1.51 bits per heavy atom. The maximum absolute atomic E-state index is 11.1. The summed E-state index contributed by atoms with van der Waals surface area (Å²) in [5, 5.41) is 29.6. The molecule has 0 saturated heterocycles. The zero-order chi connectivity index (χ0) is 25.7. The largest absolute Gasteiger partial charge is 0.494 e. The van der Waals surface area contributed by atoms with Crippen LogP contribution in [-0.4, -0.2) is 33.8 Å². The van der Waals surface area contributed by atoms with Crippen molar-refractivity contribution in [3.8, 4) is 5.75 Å². The first kappa shape index (κ1) is 30.6. The molecule has 2 atom stereocenters. The highest BCUT2D eigenvalue weighted by atomic mass is 16.6. The van der Waals surface area contributed by atoms with Gasteiger partial charge in [-0.05, 0) is 63.0 Å². The van der Waals surface area contributed by atoms with E-state index in [1.165, 1.54) is 50.7 Å². The van der Waals surface area contributed by atoms with Crippen molar-refractivity contribution < 1.29 is 24.7 Å². The number of nitrogens with zero attached hydrogens (tertiary/aromatic N) is 1. The lowest BCUT2D eigenvalue weighted by Crippen LogP contribution is -2.23. The number of rotatable bonds is 22. The molecule has 0 aliphatic carbocycles. The highest BCUT2D eigenvalue weighted by Crippen LogP contribution is 2.23. The lowest BCUT2D eigenvalue weighted by Gasteiger charge is -2.18. The fraction of sp³-hybridized carbons (Fsp3) is 0.679. The molecule has 0 bridgehead atoms. The summed E-state index contributed by atoms with van der Waals surface area (Å²) in [6, 6.07) is 6.02. The maximum atomic E-state index is 11.1. The Bertz CT molecular complexity index is 719. The first-order chi connectivity index (χ1) is 16.9. The minimum absolute atomic E-state index is 0.0328. The Morgan fingerprint density at radius 1 is 0.943 bits per heavy atom. The normalized spacial score (nSPS) is 13.1. The number of aliphatic hydroxyl groups is 1. The zero-order valence-corrected chi connectivity index (χ0v) is 21.4. The van der Waals surface area contributed by atoms with Crippen LogP contribution in [0.2, 0.25) is 0 Å². The molecule has 7 heteroatoms. The number of benzene rings is 1. The number of non-ortho nitro benzene ring substituents is 1. The summed E-state index contributed by atoms with van der Waals surface area (Å²) in [7, 11) is 0. The van der Waals surface area contributed by atoms with Gasteiger partial charge in [-0.2, -0.15) is 0 Å². The molecule has 1 rings (SSSR count). The predicted octanol–water partition coefficient (Wildman–Crippen LogP) is 7.46. The molecular weight excluding hydrogens is 446 g/mol. The summed E-state index contributed by atoms with van der Waals surface area (Å²) >= 11 is 0. The predicted molar refractivity (Wildman–Crippen MR) is 140 cm³/mol. The van der Waals surface area contributed by atoms with Gasteiger partial charge in [-0.1, -0.05) is 70.4 Å². The van der Waals surface area contributed by atoms with Crippen LogP contribution in [0.5, 0.6) is 5.75 Å². The average molecular weight is 492 g/mol. The summed E-state index contributed by atoms with van der Waals surface area (Å²) in [4.78, 5) is 21.3. The summed E-state index contributed by atoms with van der Waals surface area (Å²) in [6.45, 7) is 2.73. The Morgan fingerprint density at radius 3 is 2.11 bits per heavy atom. The highest BCUT2D eigenvalue weighted by Gasteiger charge is 2.19. The van der Waals surface area contributed by atoms with Gasteiger partial charge < -0.3 is 14.9 Å². The number of allylic oxidation sites excluding steroid dienone is 2. The van der Waals surface area contributed by atoms with Crippen LogP contribution in [0.1, 0.15) is 103 Å². The average Bonchev–Trinajstić information content (AvgIpc) is 2.84. The summed E-state index contributed by atoms with van der Waals surface area (Å²) in [5.74, 6) is -0.389. The fourth-order valence-corrected chi connectivity index (χ4v) is 4.16. The van der Waals surface area contributed by atoms with Crippen molar-refractivity contribution in [2.45, 2.75) is 109 Å². The molecule has 0 fully saturated rings. The molecule has 1 aromatic carbocycles. The van der Waals surface area contributed by atoms with E-state index < -0.39 is 17.0 Å². The number of carboxylic acids is 1. The van der Waals surface area contributed by atoms with E-state index in [9.17, 15) is 20.0 Å². The minimum atomic E-state index is -1.31. The molecule has 35 heavy (non-hydrogen) atoms. The molecule has 2 unspecified atom stereocenters. The summed E-state index contributed by atoms with van der Waals surface area (Å²) < 4.78 is 5.65. The lowest BCUT2D eigenvalue weighted by molar-refractivity contribution is -0.384. The van der Waals surface area contributed by atoms with Crippen LogP contribution in [0.15, 0.2) is 36.4 Å². The number of aliphatic hydroxyl groups excluding tert-OH is 1. The lowest BCUT2D eigenvalue weighted by atomic mass is 9.90. The van der Waals surface area contributed by atoms with E-state index >= 15 is 0 Å². The monoisotopic (exact) mass is 491 g/mol. The first-order valence-corrected chi connectivity index (χ1v) is 13.4. The second-order valence-electron chi connectivity index (χ2n) is 9.36. The number of hydrogen-bond acceptors (Lipinski definition) is 5. The molecule has 0 aromatic heterocycles.